The van der Waals surface area contributed by atoms with E-state index in [-0.39, 0.29) is 28.8 Å². The lowest BCUT2D eigenvalue weighted by molar-refractivity contribution is -0.386. The number of nitrogens with zero attached hydrogens (tertiary/aromatic N) is 4. The van der Waals surface area contributed by atoms with Gasteiger partial charge >= 0.3 is 5.69 Å². The van der Waals surface area contributed by atoms with E-state index in [1.807, 2.05) is 50.2 Å². The summed E-state index contributed by atoms with van der Waals surface area (Å²) >= 11 is 0. The summed E-state index contributed by atoms with van der Waals surface area (Å²) in [6, 6.07) is 19.2. The molecular formula is C27H26N4O5. The maximum Gasteiger partial charge on any atom is 0.315 e. The van der Waals surface area contributed by atoms with Crippen LogP contribution in [-0.4, -0.2) is 33.5 Å². The summed E-state index contributed by atoms with van der Waals surface area (Å²) in [7, 11) is 0. The van der Waals surface area contributed by atoms with Crippen molar-refractivity contribution in [3.05, 3.63) is 92.8 Å². The second kappa shape index (κ2) is 10.8. The third-order valence-electron chi connectivity index (χ3n) is 5.56. The Bertz CT molecular complexity index is 1480. The number of nitro benzene ring substituents is 1. The molecule has 0 aliphatic rings. The van der Waals surface area contributed by atoms with Gasteiger partial charge in [-0.25, -0.2) is 4.98 Å². The number of para-hydroxylation sites is 1. The Kier molecular flexibility index (Phi) is 7.39. The zero-order valence-electron chi connectivity index (χ0n) is 20.2. The number of nitro groups is 1. The zero-order valence-corrected chi connectivity index (χ0v) is 20.2. The van der Waals surface area contributed by atoms with E-state index in [4.69, 9.17) is 9.47 Å². The minimum absolute atomic E-state index is 0.0721. The first-order chi connectivity index (χ1) is 17.4. The topological polar surface area (TPSA) is 109 Å². The maximum absolute atomic E-state index is 13.4. The second-order valence-electron chi connectivity index (χ2n) is 8.07. The molecule has 0 N–H and O–H groups in total. The van der Waals surface area contributed by atoms with Crippen LogP contribution in [0.3, 0.4) is 0 Å². The molecule has 3 aromatic carbocycles. The first kappa shape index (κ1) is 24.6. The smallest absolute Gasteiger partial charge is 0.315 e. The number of aromatic nitrogens is 2. The fourth-order valence-corrected chi connectivity index (χ4v) is 3.61. The van der Waals surface area contributed by atoms with Gasteiger partial charge in [0.15, 0.2) is 11.6 Å². The van der Waals surface area contributed by atoms with E-state index in [9.17, 15) is 14.9 Å². The quantitative estimate of drug-likeness (QED) is 0.177. The molecule has 4 rings (SSSR count). The summed E-state index contributed by atoms with van der Waals surface area (Å²) in [5, 5.41) is 16.7. The molecule has 9 heteroatoms. The lowest BCUT2D eigenvalue weighted by Gasteiger charge is -2.16. The van der Waals surface area contributed by atoms with Crippen molar-refractivity contribution < 1.29 is 14.4 Å². The Hall–Kier alpha value is -4.53. The Balaban J connectivity index is 1.87. The molecule has 36 heavy (non-hydrogen) atoms. The lowest BCUT2D eigenvalue weighted by atomic mass is 10.1. The highest BCUT2D eigenvalue weighted by Crippen LogP contribution is 2.39. The molecule has 1 heterocycles. The first-order valence-electron chi connectivity index (χ1n) is 11.7. The molecule has 0 saturated heterocycles. The van der Waals surface area contributed by atoms with Crippen molar-refractivity contribution in [2.45, 2.75) is 33.3 Å². The van der Waals surface area contributed by atoms with Crippen LogP contribution in [0.5, 0.6) is 11.5 Å². The van der Waals surface area contributed by atoms with Crippen LogP contribution in [-0.2, 0) is 0 Å². The van der Waals surface area contributed by atoms with E-state index in [1.165, 1.54) is 17.0 Å². The summed E-state index contributed by atoms with van der Waals surface area (Å²) in [6.07, 6.45) is 1.82. The van der Waals surface area contributed by atoms with Gasteiger partial charge in [-0.2, -0.15) is 9.78 Å². The van der Waals surface area contributed by atoms with Crippen LogP contribution in [0.2, 0.25) is 0 Å². The van der Waals surface area contributed by atoms with Gasteiger partial charge < -0.3 is 9.47 Å². The number of rotatable bonds is 9. The molecule has 0 unspecified atom stereocenters. The molecule has 0 amide bonds. The molecule has 0 radical (unpaired) electrons. The van der Waals surface area contributed by atoms with Crippen molar-refractivity contribution in [2.75, 3.05) is 6.61 Å². The average molecular weight is 487 g/mol. The van der Waals surface area contributed by atoms with E-state index >= 15 is 0 Å². The molecule has 0 aliphatic carbocycles. The van der Waals surface area contributed by atoms with Gasteiger partial charge in [0, 0.05) is 17.2 Å². The summed E-state index contributed by atoms with van der Waals surface area (Å²) in [4.78, 5) is 29.4. The molecule has 0 fully saturated rings. The van der Waals surface area contributed by atoms with Crippen molar-refractivity contribution in [3.8, 4) is 22.9 Å². The molecule has 0 bridgehead atoms. The Morgan fingerprint density at radius 2 is 1.83 bits per heavy atom. The highest BCUT2D eigenvalue weighted by molar-refractivity contribution is 5.84. The average Bonchev–Trinajstić information content (AvgIpc) is 2.89. The van der Waals surface area contributed by atoms with Gasteiger partial charge in [0.25, 0.3) is 5.56 Å². The molecule has 1 atom stereocenters. The molecule has 4 aromatic rings. The predicted octanol–water partition coefficient (Wildman–Crippen LogP) is 5.43. The van der Waals surface area contributed by atoms with Gasteiger partial charge in [0.1, 0.15) is 0 Å². The summed E-state index contributed by atoms with van der Waals surface area (Å²) < 4.78 is 12.7. The number of fused-ring (bicyclic) bond motifs is 1. The van der Waals surface area contributed by atoms with Crippen molar-refractivity contribution in [1.29, 1.82) is 0 Å². The molecule has 9 nitrogen and oxygen atoms in total. The van der Waals surface area contributed by atoms with Crippen LogP contribution >= 0.6 is 0 Å². The van der Waals surface area contributed by atoms with Crippen LogP contribution in [0.1, 0.15) is 32.8 Å². The summed E-state index contributed by atoms with van der Waals surface area (Å²) in [5.41, 5.74) is 1.03. The monoisotopic (exact) mass is 486 g/mol. The predicted molar refractivity (Wildman–Crippen MR) is 139 cm³/mol. The van der Waals surface area contributed by atoms with Crippen LogP contribution in [0, 0.1) is 10.1 Å². The van der Waals surface area contributed by atoms with Gasteiger partial charge in [0.2, 0.25) is 5.75 Å². The minimum Gasteiger partial charge on any atom is -0.490 e. The van der Waals surface area contributed by atoms with Gasteiger partial charge in [-0.15, -0.1) is 0 Å². The van der Waals surface area contributed by atoms with Crippen molar-refractivity contribution in [2.24, 2.45) is 5.10 Å². The lowest BCUT2D eigenvalue weighted by Crippen LogP contribution is -2.20. The third-order valence-corrected chi connectivity index (χ3v) is 5.56. The molecule has 0 aliphatic heterocycles. The minimum atomic E-state index is -0.517. The van der Waals surface area contributed by atoms with E-state index in [0.29, 0.717) is 40.9 Å². The van der Waals surface area contributed by atoms with Crippen LogP contribution in [0.15, 0.2) is 76.6 Å². The van der Waals surface area contributed by atoms with E-state index in [2.05, 4.69) is 10.1 Å². The number of hydrogen-bond acceptors (Lipinski definition) is 7. The normalized spacial score (nSPS) is 12.1. The second-order valence-corrected chi connectivity index (χ2v) is 8.07. The SMILES string of the molecule is CCOc1cc(C=Nn2c(-c3ccccc3)nc3ccccc3c2=O)cc([N+](=O)[O-])c1O[C@@H](C)CC. The van der Waals surface area contributed by atoms with Crippen LogP contribution in [0.25, 0.3) is 22.3 Å². The third kappa shape index (κ3) is 5.10. The molecular weight excluding hydrogens is 460 g/mol. The fourth-order valence-electron chi connectivity index (χ4n) is 3.61. The van der Waals surface area contributed by atoms with Crippen molar-refractivity contribution in [3.63, 3.8) is 0 Å². The van der Waals surface area contributed by atoms with Crippen molar-refractivity contribution >= 4 is 22.8 Å². The Labute approximate surface area is 207 Å². The highest BCUT2D eigenvalue weighted by atomic mass is 16.6. The first-order valence-corrected chi connectivity index (χ1v) is 11.7. The van der Waals surface area contributed by atoms with Crippen LogP contribution < -0.4 is 15.0 Å². The molecule has 1 aromatic heterocycles. The molecule has 0 saturated carbocycles. The number of ether oxygens (including phenoxy) is 2. The van der Waals surface area contributed by atoms with Gasteiger partial charge in [0.05, 0.1) is 34.8 Å². The fraction of sp³-hybridized carbons (Fsp3) is 0.222. The molecule has 184 valence electrons. The van der Waals surface area contributed by atoms with E-state index in [0.717, 1.165) is 0 Å². The largest absolute Gasteiger partial charge is 0.490 e. The standard InChI is InChI=1S/C27H26N4O5/c1-4-18(3)36-25-23(31(33)34)15-19(16-24(25)35-5-2)17-28-30-26(20-11-7-6-8-12-20)29-22-14-10-9-13-21(22)27(30)32/h6-18H,4-5H2,1-3H3/t18-/m0/s1. The summed E-state index contributed by atoms with van der Waals surface area (Å²) in [6.45, 7) is 5.84. The Morgan fingerprint density at radius 1 is 1.11 bits per heavy atom. The van der Waals surface area contributed by atoms with Crippen LogP contribution in [0.4, 0.5) is 5.69 Å². The number of hydrogen-bond donors (Lipinski definition) is 0. The van der Waals surface area contributed by atoms with E-state index < -0.39 is 4.92 Å². The van der Waals surface area contributed by atoms with E-state index in [1.54, 1.807) is 31.2 Å². The van der Waals surface area contributed by atoms with Gasteiger partial charge in [-0.3, -0.25) is 14.9 Å². The summed E-state index contributed by atoms with van der Waals surface area (Å²) in [5.74, 6) is 0.662. The molecule has 0 spiro atoms. The maximum atomic E-state index is 13.4. The highest BCUT2D eigenvalue weighted by Gasteiger charge is 2.24. The van der Waals surface area contributed by atoms with Crippen molar-refractivity contribution in [1.82, 2.24) is 9.66 Å². The zero-order chi connectivity index (χ0) is 25.7. The number of benzene rings is 3. The van der Waals surface area contributed by atoms with Gasteiger partial charge in [-0.1, -0.05) is 49.4 Å². The van der Waals surface area contributed by atoms with Gasteiger partial charge in [-0.05, 0) is 38.5 Å². The Morgan fingerprint density at radius 3 is 2.53 bits per heavy atom.